The third-order valence-corrected chi connectivity index (χ3v) is 6.49. The molecular weight excluding hydrogens is 498 g/mol. The van der Waals surface area contributed by atoms with Crippen molar-refractivity contribution in [2.24, 2.45) is 0 Å². The minimum atomic E-state index is -4.92. The number of anilines is 1. The largest absolute Gasteiger partial charge is 0.416 e. The number of halogens is 6. The highest BCUT2D eigenvalue weighted by atomic mass is 19.4. The van der Waals surface area contributed by atoms with E-state index in [0.717, 1.165) is 5.56 Å². The van der Waals surface area contributed by atoms with Crippen LogP contribution < -0.4 is 10.6 Å². The van der Waals surface area contributed by atoms with Crippen molar-refractivity contribution in [2.75, 3.05) is 18.5 Å². The molecule has 5 nitrogen and oxygen atoms in total. The van der Waals surface area contributed by atoms with E-state index in [0.29, 0.717) is 37.5 Å². The van der Waals surface area contributed by atoms with Gasteiger partial charge < -0.3 is 15.4 Å². The maximum atomic E-state index is 13.3. The number of alkyl halides is 6. The highest BCUT2D eigenvalue weighted by Crippen LogP contribution is 2.39. The number of nitrogens with one attached hydrogen (secondary N) is 2. The Bertz CT molecular complexity index is 1130. The molecule has 2 N–H and O–H groups in total. The fraction of sp³-hybridized carbons (Fsp3) is 0.385. The van der Waals surface area contributed by atoms with Gasteiger partial charge in [0, 0.05) is 25.0 Å². The van der Waals surface area contributed by atoms with Crippen LogP contribution in [0.4, 0.5) is 32.3 Å². The van der Waals surface area contributed by atoms with Gasteiger partial charge in [-0.2, -0.15) is 26.3 Å². The van der Waals surface area contributed by atoms with Crippen LogP contribution in [0.15, 0.2) is 67.0 Å². The summed E-state index contributed by atoms with van der Waals surface area (Å²) in [7, 11) is 0. The van der Waals surface area contributed by atoms with Crippen LogP contribution in [-0.4, -0.2) is 29.2 Å². The first-order valence-corrected chi connectivity index (χ1v) is 11.7. The zero-order chi connectivity index (χ0) is 26.7. The minimum absolute atomic E-state index is 0.0227. The number of hydrogen-bond donors (Lipinski definition) is 2. The Balaban J connectivity index is 1.53. The van der Waals surface area contributed by atoms with Crippen LogP contribution in [0.5, 0.6) is 0 Å². The molecule has 11 heteroatoms. The lowest BCUT2D eigenvalue weighted by atomic mass is 9.81. The number of benzene rings is 2. The smallest absolute Gasteiger partial charge is 0.372 e. The summed E-state index contributed by atoms with van der Waals surface area (Å²) >= 11 is 0. The van der Waals surface area contributed by atoms with Gasteiger partial charge in [-0.3, -0.25) is 0 Å². The Morgan fingerprint density at radius 1 is 0.973 bits per heavy atom. The van der Waals surface area contributed by atoms with E-state index in [1.807, 2.05) is 30.3 Å². The summed E-state index contributed by atoms with van der Waals surface area (Å²) in [6.45, 7) is 2.02. The summed E-state index contributed by atoms with van der Waals surface area (Å²) in [4.78, 5) is 8.35. The van der Waals surface area contributed by atoms with Gasteiger partial charge in [-0.05, 0) is 55.2 Å². The van der Waals surface area contributed by atoms with Gasteiger partial charge >= 0.3 is 12.4 Å². The zero-order valence-corrected chi connectivity index (χ0v) is 19.9. The van der Waals surface area contributed by atoms with E-state index in [9.17, 15) is 26.3 Å². The molecule has 0 radical (unpaired) electrons. The van der Waals surface area contributed by atoms with Crippen molar-refractivity contribution < 1.29 is 31.1 Å². The predicted molar refractivity (Wildman–Crippen MR) is 126 cm³/mol. The summed E-state index contributed by atoms with van der Waals surface area (Å²) in [5.41, 5.74) is -2.69. The minimum Gasteiger partial charge on any atom is -0.372 e. The van der Waals surface area contributed by atoms with Gasteiger partial charge in [-0.15, -0.1) is 0 Å². The predicted octanol–water partition coefficient (Wildman–Crippen LogP) is 6.35. The summed E-state index contributed by atoms with van der Waals surface area (Å²) in [5.74, 6) is 0.497. The highest BCUT2D eigenvalue weighted by molar-refractivity contribution is 5.35. The molecule has 1 saturated heterocycles. The van der Waals surface area contributed by atoms with Crippen molar-refractivity contribution in [2.45, 2.75) is 49.8 Å². The van der Waals surface area contributed by atoms with E-state index in [1.54, 1.807) is 18.5 Å². The second kappa shape index (κ2) is 10.7. The molecule has 37 heavy (non-hydrogen) atoms. The second-order valence-corrected chi connectivity index (χ2v) is 9.07. The van der Waals surface area contributed by atoms with Crippen LogP contribution in [0, 0.1) is 0 Å². The van der Waals surface area contributed by atoms with Gasteiger partial charge in [-0.25, -0.2) is 9.97 Å². The van der Waals surface area contributed by atoms with Crippen molar-refractivity contribution in [1.29, 1.82) is 0 Å². The molecule has 1 fully saturated rings. The highest BCUT2D eigenvalue weighted by Gasteiger charge is 2.39. The molecule has 3 aromatic rings. The van der Waals surface area contributed by atoms with Gasteiger partial charge in [-0.1, -0.05) is 30.3 Å². The molecule has 1 aromatic heterocycles. The molecule has 1 aliphatic heterocycles. The summed E-state index contributed by atoms with van der Waals surface area (Å²) in [6.07, 6.45) is -6.28. The molecule has 3 atom stereocenters. The Morgan fingerprint density at radius 3 is 2.14 bits per heavy atom. The number of aromatic nitrogens is 2. The summed E-state index contributed by atoms with van der Waals surface area (Å²) < 4.78 is 85.9. The van der Waals surface area contributed by atoms with E-state index in [4.69, 9.17) is 4.74 Å². The monoisotopic (exact) mass is 524 g/mol. The van der Waals surface area contributed by atoms with E-state index in [1.165, 1.54) is 6.92 Å². The van der Waals surface area contributed by atoms with Crippen molar-refractivity contribution in [3.05, 3.63) is 89.2 Å². The fourth-order valence-electron chi connectivity index (χ4n) is 4.40. The molecule has 0 bridgehead atoms. The summed E-state index contributed by atoms with van der Waals surface area (Å²) in [6, 6.07) is 12.7. The van der Waals surface area contributed by atoms with Crippen LogP contribution in [0.1, 0.15) is 48.1 Å². The van der Waals surface area contributed by atoms with Gasteiger partial charge in [0.05, 0.1) is 29.4 Å². The maximum absolute atomic E-state index is 13.3. The van der Waals surface area contributed by atoms with E-state index in [-0.39, 0.29) is 24.3 Å². The lowest BCUT2D eigenvalue weighted by Crippen LogP contribution is -2.55. The molecule has 2 heterocycles. The summed E-state index contributed by atoms with van der Waals surface area (Å²) in [5, 5.41) is 6.76. The van der Waals surface area contributed by atoms with Crippen molar-refractivity contribution in [1.82, 2.24) is 15.3 Å². The second-order valence-electron chi connectivity index (χ2n) is 9.07. The Morgan fingerprint density at radius 2 is 1.59 bits per heavy atom. The molecule has 0 spiro atoms. The number of hydrogen-bond acceptors (Lipinski definition) is 5. The van der Waals surface area contributed by atoms with Crippen LogP contribution in [0.25, 0.3) is 0 Å². The lowest BCUT2D eigenvalue weighted by Gasteiger charge is -2.42. The zero-order valence-electron chi connectivity index (χ0n) is 19.9. The molecule has 0 aliphatic carbocycles. The fourth-order valence-corrected chi connectivity index (χ4v) is 4.40. The third-order valence-electron chi connectivity index (χ3n) is 6.49. The first-order valence-electron chi connectivity index (χ1n) is 11.7. The van der Waals surface area contributed by atoms with E-state index >= 15 is 0 Å². The SMILES string of the molecule is C[C@@H](OC[C@@]1(c2ccccc2)CCC(Nc2ncccn2)CN1)c1cc(C(F)(F)F)cc(C(F)(F)F)c1. The molecule has 2 aromatic carbocycles. The number of piperidine rings is 1. The molecule has 198 valence electrons. The number of ether oxygens (including phenoxy) is 1. The molecule has 1 aliphatic rings. The van der Waals surface area contributed by atoms with Crippen molar-refractivity contribution >= 4 is 5.95 Å². The maximum Gasteiger partial charge on any atom is 0.416 e. The average molecular weight is 525 g/mol. The first-order chi connectivity index (χ1) is 17.5. The molecule has 1 unspecified atom stereocenters. The number of rotatable bonds is 7. The van der Waals surface area contributed by atoms with Gasteiger partial charge in [0.1, 0.15) is 0 Å². The van der Waals surface area contributed by atoms with Crippen molar-refractivity contribution in [3.8, 4) is 0 Å². The molecule has 0 amide bonds. The van der Waals surface area contributed by atoms with E-state index in [2.05, 4.69) is 20.6 Å². The van der Waals surface area contributed by atoms with Crippen molar-refractivity contribution in [3.63, 3.8) is 0 Å². The Kier molecular flexibility index (Phi) is 7.75. The topological polar surface area (TPSA) is 59.1 Å². The van der Waals surface area contributed by atoms with Crippen LogP contribution in [0.3, 0.4) is 0 Å². The normalized spacial score (nSPS) is 21.4. The van der Waals surface area contributed by atoms with Crippen LogP contribution in [0.2, 0.25) is 0 Å². The van der Waals surface area contributed by atoms with Gasteiger partial charge in [0.15, 0.2) is 0 Å². The Labute approximate surface area is 210 Å². The molecule has 0 saturated carbocycles. The van der Waals surface area contributed by atoms with Crippen LogP contribution >= 0.6 is 0 Å². The van der Waals surface area contributed by atoms with Gasteiger partial charge in [0.25, 0.3) is 0 Å². The van der Waals surface area contributed by atoms with E-state index < -0.39 is 35.1 Å². The van der Waals surface area contributed by atoms with Crippen LogP contribution in [-0.2, 0) is 22.6 Å². The van der Waals surface area contributed by atoms with Gasteiger partial charge in [0.2, 0.25) is 5.95 Å². The first kappa shape index (κ1) is 26.9. The lowest BCUT2D eigenvalue weighted by molar-refractivity contribution is -0.143. The molecular formula is C26H26F6N4O. The number of nitrogens with zero attached hydrogens (tertiary/aromatic N) is 2. The average Bonchev–Trinajstić information content (AvgIpc) is 2.88. The standard InChI is InChI=1S/C26H26F6N4O/c1-17(18-12-20(25(27,28)29)14-21(13-18)26(30,31)32)37-16-24(19-6-3-2-4-7-19)9-8-22(15-35-24)36-23-33-10-5-11-34-23/h2-7,10-14,17,22,35H,8-9,15-16H2,1H3,(H,33,34,36)/t17-,22?,24-/m1/s1. The Hall–Kier alpha value is -3.18. The molecule has 4 rings (SSSR count). The quantitative estimate of drug-likeness (QED) is 0.353. The third kappa shape index (κ3) is 6.58.